The van der Waals surface area contributed by atoms with Crippen LogP contribution in [0.5, 0.6) is 0 Å². The van der Waals surface area contributed by atoms with Gasteiger partial charge in [-0.25, -0.2) is 8.42 Å². The minimum atomic E-state index is -3.71. The number of piperidine rings is 1. The third kappa shape index (κ3) is 5.20. The molecule has 5 nitrogen and oxygen atoms in total. The van der Waals surface area contributed by atoms with Crippen LogP contribution in [0.25, 0.3) is 0 Å². The third-order valence-corrected chi connectivity index (χ3v) is 6.88. The molecule has 0 radical (unpaired) electrons. The van der Waals surface area contributed by atoms with E-state index < -0.39 is 16.1 Å². The first kappa shape index (κ1) is 20.6. The summed E-state index contributed by atoms with van der Waals surface area (Å²) in [5.74, 6) is 0.403. The number of nitrogens with zero attached hydrogens (tertiary/aromatic N) is 1. The Balaban J connectivity index is 1.53. The van der Waals surface area contributed by atoms with E-state index in [9.17, 15) is 13.2 Å². The zero-order chi connectivity index (χ0) is 20.1. The summed E-state index contributed by atoms with van der Waals surface area (Å²) in [6.45, 7) is 4.86. The molecule has 1 fully saturated rings. The number of rotatable bonds is 6. The molecule has 1 amide bonds. The summed E-state index contributed by atoms with van der Waals surface area (Å²) in [6.07, 6.45) is 2.91. The Morgan fingerprint density at radius 3 is 2.29 bits per heavy atom. The van der Waals surface area contributed by atoms with Gasteiger partial charge in [-0.1, -0.05) is 48.0 Å². The fraction of sp³-hybridized carbons (Fsp3) is 0.409. The second-order valence-electron chi connectivity index (χ2n) is 7.61. The van der Waals surface area contributed by atoms with Crippen molar-refractivity contribution in [2.45, 2.75) is 44.0 Å². The topological polar surface area (TPSA) is 66.5 Å². The minimum Gasteiger partial charge on any atom is -0.341 e. The Bertz CT molecular complexity index is 887. The Labute approximate surface area is 167 Å². The van der Waals surface area contributed by atoms with Gasteiger partial charge in [0.15, 0.2) is 0 Å². The molecule has 2 aromatic rings. The summed E-state index contributed by atoms with van der Waals surface area (Å²) in [5, 5.41) is 0. The highest BCUT2D eigenvalue weighted by molar-refractivity contribution is 7.89. The van der Waals surface area contributed by atoms with Crippen LogP contribution in [0.15, 0.2) is 59.5 Å². The molecule has 150 valence electrons. The molecule has 0 aliphatic carbocycles. The van der Waals surface area contributed by atoms with Crippen molar-refractivity contribution in [1.29, 1.82) is 0 Å². The number of hydrogen-bond acceptors (Lipinski definition) is 3. The lowest BCUT2D eigenvalue weighted by atomic mass is 9.90. The van der Waals surface area contributed by atoms with E-state index in [0.29, 0.717) is 19.0 Å². The Morgan fingerprint density at radius 2 is 1.68 bits per heavy atom. The van der Waals surface area contributed by atoms with Crippen LogP contribution >= 0.6 is 0 Å². The largest absolute Gasteiger partial charge is 0.341 e. The van der Waals surface area contributed by atoms with Crippen molar-refractivity contribution in [3.05, 3.63) is 65.7 Å². The van der Waals surface area contributed by atoms with Gasteiger partial charge >= 0.3 is 0 Å². The molecule has 2 aromatic carbocycles. The van der Waals surface area contributed by atoms with Crippen molar-refractivity contribution in [2.24, 2.45) is 5.92 Å². The van der Waals surface area contributed by atoms with E-state index in [1.807, 2.05) is 13.0 Å². The molecule has 6 heteroatoms. The molecule has 3 rings (SSSR count). The smallest absolute Gasteiger partial charge is 0.241 e. The predicted octanol–water partition coefficient (Wildman–Crippen LogP) is 3.14. The number of likely N-dealkylation sites (tertiary alicyclic amines) is 1. The summed E-state index contributed by atoms with van der Waals surface area (Å²) < 4.78 is 27.6. The van der Waals surface area contributed by atoms with Gasteiger partial charge < -0.3 is 4.90 Å². The maximum absolute atomic E-state index is 12.7. The van der Waals surface area contributed by atoms with Gasteiger partial charge in [0, 0.05) is 13.1 Å². The first-order chi connectivity index (χ1) is 13.3. The highest BCUT2D eigenvalue weighted by atomic mass is 32.2. The number of aryl methyl sites for hydroxylation is 1. The average Bonchev–Trinajstić information content (AvgIpc) is 2.69. The standard InChI is InChI=1S/C22H28N2O3S/c1-17-8-10-21(11-9-17)28(26,27)23-18(2)22(25)24-14-12-20(13-15-24)16-19-6-4-3-5-7-19/h3-11,18,20,23H,12-16H2,1-2H3/t18-/m1/s1. The molecule has 0 unspecified atom stereocenters. The van der Waals surface area contributed by atoms with Gasteiger partial charge in [0.25, 0.3) is 0 Å². The molecule has 28 heavy (non-hydrogen) atoms. The van der Waals surface area contributed by atoms with E-state index in [2.05, 4.69) is 29.0 Å². The number of sulfonamides is 1. The van der Waals surface area contributed by atoms with Gasteiger partial charge in [0.1, 0.15) is 0 Å². The van der Waals surface area contributed by atoms with Crippen molar-refractivity contribution in [2.75, 3.05) is 13.1 Å². The van der Waals surface area contributed by atoms with Crippen LogP contribution in [-0.4, -0.2) is 38.4 Å². The van der Waals surface area contributed by atoms with E-state index >= 15 is 0 Å². The first-order valence-electron chi connectivity index (χ1n) is 9.77. The van der Waals surface area contributed by atoms with Gasteiger partial charge in [0.05, 0.1) is 10.9 Å². The van der Waals surface area contributed by atoms with E-state index in [1.54, 1.807) is 36.1 Å². The first-order valence-corrected chi connectivity index (χ1v) is 11.2. The third-order valence-electron chi connectivity index (χ3n) is 5.33. The molecular weight excluding hydrogens is 372 g/mol. The van der Waals surface area contributed by atoms with Gasteiger partial charge in [0.2, 0.25) is 15.9 Å². The van der Waals surface area contributed by atoms with Gasteiger partial charge in [-0.2, -0.15) is 4.72 Å². The Kier molecular flexibility index (Phi) is 6.52. The Morgan fingerprint density at radius 1 is 1.07 bits per heavy atom. The molecule has 1 atom stereocenters. The van der Waals surface area contributed by atoms with Crippen LogP contribution in [0.4, 0.5) is 0 Å². The normalized spacial score (nSPS) is 16.7. The zero-order valence-corrected chi connectivity index (χ0v) is 17.3. The van der Waals surface area contributed by atoms with E-state index in [-0.39, 0.29) is 10.8 Å². The van der Waals surface area contributed by atoms with Crippen molar-refractivity contribution < 1.29 is 13.2 Å². The molecule has 0 saturated carbocycles. The molecule has 1 aliphatic rings. The van der Waals surface area contributed by atoms with Crippen LogP contribution in [0.1, 0.15) is 30.9 Å². The monoisotopic (exact) mass is 400 g/mol. The molecule has 0 spiro atoms. The van der Waals surface area contributed by atoms with E-state index in [4.69, 9.17) is 0 Å². The lowest BCUT2D eigenvalue weighted by Crippen LogP contribution is -2.49. The summed E-state index contributed by atoms with van der Waals surface area (Å²) in [6, 6.07) is 16.2. The minimum absolute atomic E-state index is 0.158. The molecule has 0 aromatic heterocycles. The summed E-state index contributed by atoms with van der Waals surface area (Å²) >= 11 is 0. The maximum Gasteiger partial charge on any atom is 0.241 e. The average molecular weight is 401 g/mol. The second-order valence-corrected chi connectivity index (χ2v) is 9.33. The molecule has 1 N–H and O–H groups in total. The second kappa shape index (κ2) is 8.88. The quantitative estimate of drug-likeness (QED) is 0.810. The Hall–Kier alpha value is -2.18. The SMILES string of the molecule is Cc1ccc(S(=O)(=O)N[C@H](C)C(=O)N2CCC(Cc3ccccc3)CC2)cc1. The highest BCUT2D eigenvalue weighted by Crippen LogP contribution is 2.22. The van der Waals surface area contributed by atoms with Crippen molar-refractivity contribution in [3.8, 4) is 0 Å². The number of carbonyl (C=O) groups excluding carboxylic acids is 1. The number of amides is 1. The maximum atomic E-state index is 12.7. The predicted molar refractivity (Wildman–Crippen MR) is 110 cm³/mol. The van der Waals surface area contributed by atoms with E-state index in [1.165, 1.54) is 5.56 Å². The highest BCUT2D eigenvalue weighted by Gasteiger charge is 2.29. The van der Waals surface area contributed by atoms with Crippen molar-refractivity contribution >= 4 is 15.9 Å². The summed E-state index contributed by atoms with van der Waals surface area (Å²) in [7, 11) is -3.71. The van der Waals surface area contributed by atoms with E-state index in [0.717, 1.165) is 24.8 Å². The number of hydrogen-bond donors (Lipinski definition) is 1. The van der Waals surface area contributed by atoms with Crippen LogP contribution in [0.3, 0.4) is 0 Å². The van der Waals surface area contributed by atoms with Gasteiger partial charge in [-0.15, -0.1) is 0 Å². The fourth-order valence-electron chi connectivity index (χ4n) is 3.65. The molecular formula is C22H28N2O3S. The fourth-order valence-corrected chi connectivity index (χ4v) is 4.84. The molecule has 1 aliphatic heterocycles. The molecule has 0 bridgehead atoms. The van der Waals surface area contributed by atoms with Crippen LogP contribution in [0.2, 0.25) is 0 Å². The van der Waals surface area contributed by atoms with Gasteiger partial charge in [-0.05, 0) is 56.7 Å². The summed E-state index contributed by atoms with van der Waals surface area (Å²) in [5.41, 5.74) is 2.31. The lowest BCUT2D eigenvalue weighted by Gasteiger charge is -2.33. The lowest BCUT2D eigenvalue weighted by molar-refractivity contribution is -0.133. The van der Waals surface area contributed by atoms with Crippen LogP contribution in [0, 0.1) is 12.8 Å². The number of nitrogens with one attached hydrogen (secondary N) is 1. The van der Waals surface area contributed by atoms with Gasteiger partial charge in [-0.3, -0.25) is 4.79 Å². The summed E-state index contributed by atoms with van der Waals surface area (Å²) in [4.78, 5) is 14.7. The zero-order valence-electron chi connectivity index (χ0n) is 16.5. The molecule has 1 heterocycles. The van der Waals surface area contributed by atoms with Crippen molar-refractivity contribution in [3.63, 3.8) is 0 Å². The number of carbonyl (C=O) groups is 1. The van der Waals surface area contributed by atoms with Crippen LogP contribution in [-0.2, 0) is 21.2 Å². The molecule has 1 saturated heterocycles. The number of benzene rings is 2. The van der Waals surface area contributed by atoms with Crippen LogP contribution < -0.4 is 4.72 Å². The van der Waals surface area contributed by atoms with Crippen molar-refractivity contribution in [1.82, 2.24) is 9.62 Å².